The average Bonchev–Trinajstić information content (AvgIpc) is 2.36. The number of benzene rings is 2. The molecule has 1 nitrogen and oxygen atoms in total. The molecule has 2 aromatic carbocycles. The first-order valence-corrected chi connectivity index (χ1v) is 5.82. The first-order valence-electron chi connectivity index (χ1n) is 5.45. The third kappa shape index (κ3) is 3.29. The predicted molar refractivity (Wildman–Crippen MR) is 68.4 cm³/mol. The van der Waals surface area contributed by atoms with E-state index in [1.54, 1.807) is 6.07 Å². The molecule has 3 heteroatoms. The molecule has 0 aliphatic carbocycles. The molecular formula is C14H13ClFN. The third-order valence-electron chi connectivity index (χ3n) is 2.52. The van der Waals surface area contributed by atoms with Crippen molar-refractivity contribution in [2.24, 2.45) is 0 Å². The van der Waals surface area contributed by atoms with Gasteiger partial charge in [0.05, 0.1) is 5.02 Å². The fourth-order valence-corrected chi connectivity index (χ4v) is 1.82. The van der Waals surface area contributed by atoms with E-state index in [1.165, 1.54) is 11.6 Å². The van der Waals surface area contributed by atoms with Gasteiger partial charge < -0.3 is 5.32 Å². The molecule has 0 heterocycles. The van der Waals surface area contributed by atoms with Crippen LogP contribution >= 0.6 is 11.6 Å². The maximum atomic E-state index is 13.2. The molecule has 17 heavy (non-hydrogen) atoms. The van der Waals surface area contributed by atoms with Gasteiger partial charge in [-0.2, -0.15) is 0 Å². The van der Waals surface area contributed by atoms with Crippen molar-refractivity contribution in [3.05, 3.63) is 70.5 Å². The summed E-state index contributed by atoms with van der Waals surface area (Å²) in [5.41, 5.74) is 1.97. The lowest BCUT2D eigenvalue weighted by atomic mass is 10.2. The van der Waals surface area contributed by atoms with Crippen LogP contribution < -0.4 is 5.32 Å². The molecule has 0 saturated carbocycles. The zero-order valence-corrected chi connectivity index (χ0v) is 10.0. The minimum atomic E-state index is -0.370. The van der Waals surface area contributed by atoms with Gasteiger partial charge >= 0.3 is 0 Å². The van der Waals surface area contributed by atoms with Crippen molar-refractivity contribution >= 4 is 11.6 Å². The molecule has 2 rings (SSSR count). The zero-order chi connectivity index (χ0) is 12.1. The SMILES string of the molecule is Fc1cccc(CNCc2ccccc2)c1Cl. The second kappa shape index (κ2) is 5.80. The Bertz CT molecular complexity index is 485. The molecule has 0 aromatic heterocycles. The first-order chi connectivity index (χ1) is 8.27. The summed E-state index contributed by atoms with van der Waals surface area (Å²) in [6.45, 7) is 1.30. The van der Waals surface area contributed by atoms with Crippen LogP contribution in [-0.2, 0) is 13.1 Å². The highest BCUT2D eigenvalue weighted by Crippen LogP contribution is 2.19. The van der Waals surface area contributed by atoms with E-state index in [2.05, 4.69) is 5.32 Å². The van der Waals surface area contributed by atoms with E-state index < -0.39 is 0 Å². The summed E-state index contributed by atoms with van der Waals surface area (Å²) in [4.78, 5) is 0. The Morgan fingerprint density at radius 3 is 2.47 bits per heavy atom. The topological polar surface area (TPSA) is 12.0 Å². The number of halogens is 2. The first kappa shape index (κ1) is 12.1. The average molecular weight is 250 g/mol. The van der Waals surface area contributed by atoms with Gasteiger partial charge in [0.15, 0.2) is 0 Å². The highest BCUT2D eigenvalue weighted by atomic mass is 35.5. The van der Waals surface area contributed by atoms with Crippen LogP contribution in [0, 0.1) is 5.82 Å². The summed E-state index contributed by atoms with van der Waals surface area (Å²) in [5.74, 6) is -0.370. The summed E-state index contributed by atoms with van der Waals surface area (Å²) < 4.78 is 13.2. The van der Waals surface area contributed by atoms with Gasteiger partial charge in [-0.25, -0.2) is 4.39 Å². The minimum Gasteiger partial charge on any atom is -0.309 e. The van der Waals surface area contributed by atoms with Crippen LogP contribution in [0.25, 0.3) is 0 Å². The van der Waals surface area contributed by atoms with Crippen molar-refractivity contribution in [2.45, 2.75) is 13.1 Å². The van der Waals surface area contributed by atoms with Crippen molar-refractivity contribution in [3.8, 4) is 0 Å². The largest absolute Gasteiger partial charge is 0.309 e. The standard InChI is InChI=1S/C14H13ClFN/c15-14-12(7-4-8-13(14)16)10-17-9-11-5-2-1-3-6-11/h1-8,17H,9-10H2. The van der Waals surface area contributed by atoms with E-state index in [-0.39, 0.29) is 10.8 Å². The molecule has 0 fully saturated rings. The van der Waals surface area contributed by atoms with E-state index in [9.17, 15) is 4.39 Å². The van der Waals surface area contributed by atoms with Crippen molar-refractivity contribution in [1.29, 1.82) is 0 Å². The monoisotopic (exact) mass is 249 g/mol. The molecule has 2 aromatic rings. The smallest absolute Gasteiger partial charge is 0.142 e. The van der Waals surface area contributed by atoms with Gasteiger partial charge in [-0.15, -0.1) is 0 Å². The van der Waals surface area contributed by atoms with Crippen LogP contribution in [0.2, 0.25) is 5.02 Å². The van der Waals surface area contributed by atoms with Crippen LogP contribution in [0.3, 0.4) is 0 Å². The number of rotatable bonds is 4. The molecule has 0 radical (unpaired) electrons. The van der Waals surface area contributed by atoms with Gasteiger partial charge in [-0.1, -0.05) is 54.1 Å². The second-order valence-electron chi connectivity index (χ2n) is 3.80. The lowest BCUT2D eigenvalue weighted by Gasteiger charge is -2.07. The molecule has 0 atom stereocenters. The third-order valence-corrected chi connectivity index (χ3v) is 2.94. The van der Waals surface area contributed by atoms with E-state index in [0.717, 1.165) is 12.1 Å². The van der Waals surface area contributed by atoms with Gasteiger partial charge in [0.1, 0.15) is 5.82 Å². The molecule has 0 bridgehead atoms. The van der Waals surface area contributed by atoms with Gasteiger partial charge in [0, 0.05) is 13.1 Å². The van der Waals surface area contributed by atoms with Crippen LogP contribution in [0.5, 0.6) is 0 Å². The van der Waals surface area contributed by atoms with E-state index in [1.807, 2.05) is 36.4 Å². The van der Waals surface area contributed by atoms with Crippen LogP contribution in [-0.4, -0.2) is 0 Å². The molecular weight excluding hydrogens is 237 g/mol. The molecule has 88 valence electrons. The minimum absolute atomic E-state index is 0.202. The van der Waals surface area contributed by atoms with E-state index in [4.69, 9.17) is 11.6 Å². The van der Waals surface area contributed by atoms with E-state index >= 15 is 0 Å². The maximum absolute atomic E-state index is 13.2. The second-order valence-corrected chi connectivity index (χ2v) is 4.18. The maximum Gasteiger partial charge on any atom is 0.142 e. The van der Waals surface area contributed by atoms with Gasteiger partial charge in [0.2, 0.25) is 0 Å². The Morgan fingerprint density at radius 1 is 0.941 bits per heavy atom. The van der Waals surface area contributed by atoms with Crippen LogP contribution in [0.15, 0.2) is 48.5 Å². The van der Waals surface area contributed by atoms with Crippen LogP contribution in [0.1, 0.15) is 11.1 Å². The highest BCUT2D eigenvalue weighted by molar-refractivity contribution is 6.31. The summed E-state index contributed by atoms with van der Waals surface area (Å²) >= 11 is 5.86. The Hall–Kier alpha value is -1.38. The number of nitrogens with one attached hydrogen (secondary N) is 1. The van der Waals surface area contributed by atoms with Crippen molar-refractivity contribution in [2.75, 3.05) is 0 Å². The van der Waals surface area contributed by atoms with Gasteiger partial charge in [0.25, 0.3) is 0 Å². The van der Waals surface area contributed by atoms with Crippen molar-refractivity contribution in [1.82, 2.24) is 5.32 Å². The lowest BCUT2D eigenvalue weighted by molar-refractivity contribution is 0.620. The number of hydrogen-bond acceptors (Lipinski definition) is 1. The van der Waals surface area contributed by atoms with Crippen molar-refractivity contribution < 1.29 is 4.39 Å². The molecule has 0 amide bonds. The molecule has 0 spiro atoms. The van der Waals surface area contributed by atoms with E-state index in [0.29, 0.717) is 6.54 Å². The summed E-state index contributed by atoms with van der Waals surface area (Å²) in [7, 11) is 0. The Balaban J connectivity index is 1.93. The quantitative estimate of drug-likeness (QED) is 0.870. The predicted octanol–water partition coefficient (Wildman–Crippen LogP) is 3.77. The molecule has 1 N–H and O–H groups in total. The molecule has 0 saturated heterocycles. The van der Waals surface area contributed by atoms with Crippen molar-refractivity contribution in [3.63, 3.8) is 0 Å². The summed E-state index contributed by atoms with van der Waals surface area (Å²) in [6.07, 6.45) is 0. The number of hydrogen-bond donors (Lipinski definition) is 1. The fourth-order valence-electron chi connectivity index (χ4n) is 1.62. The molecule has 0 aliphatic heterocycles. The van der Waals surface area contributed by atoms with Gasteiger partial charge in [-0.05, 0) is 17.2 Å². The molecule has 0 aliphatic rings. The Labute approximate surface area is 105 Å². The zero-order valence-electron chi connectivity index (χ0n) is 9.29. The highest BCUT2D eigenvalue weighted by Gasteiger charge is 2.04. The lowest BCUT2D eigenvalue weighted by Crippen LogP contribution is -2.13. The summed E-state index contributed by atoms with van der Waals surface area (Å²) in [6, 6.07) is 14.9. The van der Waals surface area contributed by atoms with Crippen LogP contribution in [0.4, 0.5) is 4.39 Å². The van der Waals surface area contributed by atoms with Gasteiger partial charge in [-0.3, -0.25) is 0 Å². The Morgan fingerprint density at radius 2 is 1.71 bits per heavy atom. The normalized spacial score (nSPS) is 10.5. The molecule has 0 unspecified atom stereocenters. The summed E-state index contributed by atoms with van der Waals surface area (Å²) in [5, 5.41) is 3.44. The fraction of sp³-hybridized carbons (Fsp3) is 0.143. The Kier molecular flexibility index (Phi) is 4.13.